The molecule has 1 heterocycles. The molecule has 0 fully saturated rings. The molecule has 0 radical (unpaired) electrons. The number of thiazole rings is 1. The zero-order valence-corrected chi connectivity index (χ0v) is 10.4. The maximum absolute atomic E-state index is 11.7. The van der Waals surface area contributed by atoms with Gasteiger partial charge in [-0.3, -0.25) is 9.78 Å². The van der Waals surface area contributed by atoms with Gasteiger partial charge in [0.15, 0.2) is 0 Å². The van der Waals surface area contributed by atoms with Crippen molar-refractivity contribution in [2.24, 2.45) is 5.92 Å². The second-order valence-corrected chi connectivity index (χ2v) is 4.41. The van der Waals surface area contributed by atoms with Crippen molar-refractivity contribution in [1.29, 1.82) is 0 Å². The zero-order chi connectivity index (χ0) is 12.0. The predicted octanol–water partition coefficient (Wildman–Crippen LogP) is 2.16. The van der Waals surface area contributed by atoms with E-state index in [0.717, 1.165) is 6.42 Å². The maximum Gasteiger partial charge on any atom is 0.311 e. The standard InChI is InChI=1S/C11H17NO3S/c1-3-5-8(11(14)15-4-2)10(13)9-6-12-7-16-9/h6-8,10,13H,3-5H2,1-2H3. The summed E-state index contributed by atoms with van der Waals surface area (Å²) in [5.41, 5.74) is 1.65. The van der Waals surface area contributed by atoms with E-state index in [1.807, 2.05) is 6.92 Å². The van der Waals surface area contributed by atoms with Gasteiger partial charge >= 0.3 is 5.97 Å². The zero-order valence-electron chi connectivity index (χ0n) is 9.55. The molecule has 1 aromatic heterocycles. The first-order valence-corrected chi connectivity index (χ1v) is 6.31. The molecule has 0 amide bonds. The summed E-state index contributed by atoms with van der Waals surface area (Å²) in [5, 5.41) is 10.1. The number of aliphatic hydroxyl groups is 1. The number of esters is 1. The quantitative estimate of drug-likeness (QED) is 0.778. The third-order valence-electron chi connectivity index (χ3n) is 2.31. The lowest BCUT2D eigenvalue weighted by atomic mass is 9.96. The fourth-order valence-corrected chi connectivity index (χ4v) is 2.20. The van der Waals surface area contributed by atoms with Crippen LogP contribution in [-0.2, 0) is 9.53 Å². The number of rotatable bonds is 6. The van der Waals surface area contributed by atoms with Crippen molar-refractivity contribution in [3.8, 4) is 0 Å². The van der Waals surface area contributed by atoms with Gasteiger partial charge in [-0.2, -0.15) is 0 Å². The fourth-order valence-electron chi connectivity index (χ4n) is 1.53. The molecular formula is C11H17NO3S. The molecule has 1 aromatic rings. The highest BCUT2D eigenvalue weighted by molar-refractivity contribution is 7.09. The van der Waals surface area contributed by atoms with Gasteiger partial charge in [0.1, 0.15) is 6.10 Å². The van der Waals surface area contributed by atoms with E-state index < -0.39 is 12.0 Å². The molecule has 16 heavy (non-hydrogen) atoms. The van der Waals surface area contributed by atoms with Crippen LogP contribution in [0.25, 0.3) is 0 Å². The van der Waals surface area contributed by atoms with Crippen LogP contribution in [0.2, 0.25) is 0 Å². The molecule has 0 aliphatic carbocycles. The number of aliphatic hydroxyl groups excluding tert-OH is 1. The fraction of sp³-hybridized carbons (Fsp3) is 0.636. The molecule has 0 aliphatic heterocycles. The summed E-state index contributed by atoms with van der Waals surface area (Å²) in [5.74, 6) is -0.810. The van der Waals surface area contributed by atoms with Crippen molar-refractivity contribution in [3.05, 3.63) is 16.6 Å². The van der Waals surface area contributed by atoms with E-state index in [4.69, 9.17) is 4.74 Å². The third kappa shape index (κ3) is 3.28. The summed E-state index contributed by atoms with van der Waals surface area (Å²) in [4.78, 5) is 16.3. The largest absolute Gasteiger partial charge is 0.466 e. The molecule has 2 unspecified atom stereocenters. The first kappa shape index (κ1) is 13.1. The molecule has 0 spiro atoms. The molecular weight excluding hydrogens is 226 g/mol. The van der Waals surface area contributed by atoms with Gasteiger partial charge in [0.25, 0.3) is 0 Å². The van der Waals surface area contributed by atoms with Gasteiger partial charge in [0.2, 0.25) is 0 Å². The van der Waals surface area contributed by atoms with Gasteiger partial charge in [0, 0.05) is 6.20 Å². The van der Waals surface area contributed by atoms with Crippen molar-refractivity contribution in [2.75, 3.05) is 6.61 Å². The van der Waals surface area contributed by atoms with Crippen LogP contribution in [0, 0.1) is 5.92 Å². The number of hydrogen-bond acceptors (Lipinski definition) is 5. The van der Waals surface area contributed by atoms with E-state index in [1.165, 1.54) is 11.3 Å². The molecule has 90 valence electrons. The average molecular weight is 243 g/mol. The topological polar surface area (TPSA) is 59.4 Å². The van der Waals surface area contributed by atoms with E-state index >= 15 is 0 Å². The van der Waals surface area contributed by atoms with Gasteiger partial charge < -0.3 is 9.84 Å². The van der Waals surface area contributed by atoms with Crippen LogP contribution in [-0.4, -0.2) is 22.7 Å². The molecule has 1 N–H and O–H groups in total. The van der Waals surface area contributed by atoms with Crippen molar-refractivity contribution in [1.82, 2.24) is 4.98 Å². The Morgan fingerprint density at radius 1 is 1.62 bits per heavy atom. The second-order valence-electron chi connectivity index (χ2n) is 3.50. The Morgan fingerprint density at radius 2 is 2.38 bits per heavy atom. The maximum atomic E-state index is 11.7. The van der Waals surface area contributed by atoms with E-state index in [2.05, 4.69) is 4.98 Å². The molecule has 0 saturated heterocycles. The first-order chi connectivity index (χ1) is 7.70. The van der Waals surface area contributed by atoms with E-state index in [1.54, 1.807) is 18.6 Å². The average Bonchev–Trinajstić information content (AvgIpc) is 2.78. The molecule has 2 atom stereocenters. The van der Waals surface area contributed by atoms with Crippen molar-refractivity contribution in [3.63, 3.8) is 0 Å². The van der Waals surface area contributed by atoms with Gasteiger partial charge in [-0.15, -0.1) is 11.3 Å². The Bertz CT molecular complexity index is 313. The van der Waals surface area contributed by atoms with E-state index in [0.29, 0.717) is 17.9 Å². The molecule has 0 aromatic carbocycles. The molecule has 0 bridgehead atoms. The van der Waals surface area contributed by atoms with Gasteiger partial charge in [-0.05, 0) is 13.3 Å². The summed E-state index contributed by atoms with van der Waals surface area (Å²) < 4.78 is 4.96. The van der Waals surface area contributed by atoms with Crippen LogP contribution in [0.5, 0.6) is 0 Å². The normalized spacial score (nSPS) is 14.4. The van der Waals surface area contributed by atoms with Crippen LogP contribution in [0.3, 0.4) is 0 Å². The van der Waals surface area contributed by atoms with Crippen molar-refractivity contribution in [2.45, 2.75) is 32.8 Å². The number of aromatic nitrogens is 1. The Kier molecular flexibility index (Phi) is 5.42. The Balaban J connectivity index is 2.72. The number of hydrogen-bond donors (Lipinski definition) is 1. The van der Waals surface area contributed by atoms with Gasteiger partial charge in [-0.1, -0.05) is 13.3 Å². The lowest BCUT2D eigenvalue weighted by Gasteiger charge is -2.19. The summed E-state index contributed by atoms with van der Waals surface area (Å²) in [7, 11) is 0. The molecule has 4 nitrogen and oxygen atoms in total. The number of carbonyl (C=O) groups is 1. The predicted molar refractivity (Wildman–Crippen MR) is 62.1 cm³/mol. The van der Waals surface area contributed by atoms with Crippen molar-refractivity contribution >= 4 is 17.3 Å². The second kappa shape index (κ2) is 6.60. The minimum absolute atomic E-state index is 0.328. The van der Waals surface area contributed by atoms with Crippen LogP contribution >= 0.6 is 11.3 Å². The number of nitrogens with zero attached hydrogens (tertiary/aromatic N) is 1. The van der Waals surface area contributed by atoms with Crippen LogP contribution in [0.1, 0.15) is 37.7 Å². The van der Waals surface area contributed by atoms with Crippen LogP contribution < -0.4 is 0 Å². The molecule has 5 heteroatoms. The van der Waals surface area contributed by atoms with Gasteiger partial charge in [-0.25, -0.2) is 0 Å². The Hall–Kier alpha value is -0.940. The molecule has 1 rings (SSSR count). The van der Waals surface area contributed by atoms with Crippen LogP contribution in [0.15, 0.2) is 11.7 Å². The monoisotopic (exact) mass is 243 g/mol. The third-order valence-corrected chi connectivity index (χ3v) is 3.16. The van der Waals surface area contributed by atoms with Gasteiger partial charge in [0.05, 0.1) is 22.9 Å². The smallest absolute Gasteiger partial charge is 0.311 e. The lowest BCUT2D eigenvalue weighted by molar-refractivity contribution is -0.152. The highest BCUT2D eigenvalue weighted by Gasteiger charge is 2.29. The molecule has 0 aliphatic rings. The summed E-state index contributed by atoms with van der Waals surface area (Å²) >= 11 is 1.35. The minimum atomic E-state index is -0.800. The Morgan fingerprint density at radius 3 is 2.88 bits per heavy atom. The van der Waals surface area contributed by atoms with Crippen LogP contribution in [0.4, 0.5) is 0 Å². The first-order valence-electron chi connectivity index (χ1n) is 5.43. The van der Waals surface area contributed by atoms with E-state index in [-0.39, 0.29) is 5.97 Å². The summed E-state index contributed by atoms with van der Waals surface area (Å²) in [6.07, 6.45) is 2.25. The summed E-state index contributed by atoms with van der Waals surface area (Å²) in [6, 6.07) is 0. The number of ether oxygens (including phenoxy) is 1. The van der Waals surface area contributed by atoms with Crippen molar-refractivity contribution < 1.29 is 14.6 Å². The van der Waals surface area contributed by atoms with E-state index in [9.17, 15) is 9.90 Å². The highest BCUT2D eigenvalue weighted by atomic mass is 32.1. The molecule has 0 saturated carbocycles. The SMILES string of the molecule is CCCC(C(=O)OCC)C(O)c1cncs1. The highest BCUT2D eigenvalue weighted by Crippen LogP contribution is 2.29. The Labute approximate surface area is 99.3 Å². The number of carbonyl (C=O) groups excluding carboxylic acids is 1. The summed E-state index contributed by atoms with van der Waals surface area (Å²) in [6.45, 7) is 4.08. The lowest BCUT2D eigenvalue weighted by Crippen LogP contribution is -2.24. The minimum Gasteiger partial charge on any atom is -0.466 e.